The quantitative estimate of drug-likeness (QED) is 0.382. The molecule has 0 fully saturated rings. The first-order valence-corrected chi connectivity index (χ1v) is 0.612. The van der Waals surface area contributed by atoms with Crippen LogP contribution >= 0.6 is 0 Å². The van der Waals surface area contributed by atoms with E-state index in [0.29, 0.717) is 0 Å². The summed E-state index contributed by atoms with van der Waals surface area (Å²) in [6, 6.07) is 0. The zero-order chi connectivity index (χ0) is 3.58. The zero-order valence-electron chi connectivity index (χ0n) is 3.14. The molecule has 0 atom stereocenters. The van der Waals surface area contributed by atoms with E-state index in [4.69, 9.17) is 15.0 Å². The first-order chi connectivity index (χ1) is 1.73. The van der Waals surface area contributed by atoms with Gasteiger partial charge in [-0.3, -0.25) is 0 Å². The van der Waals surface area contributed by atoms with Gasteiger partial charge in [0.2, 0.25) is 0 Å². The molecule has 6 heteroatoms. The summed E-state index contributed by atoms with van der Waals surface area (Å²) >= 11 is 0. The molecule has 0 saturated heterocycles. The molecule has 0 heterocycles. The number of carbonyl (C=O) groups excluding carboxylic acids is 1. The zero-order valence-corrected chi connectivity index (χ0v) is 10.8. The van der Waals surface area contributed by atoms with Crippen LogP contribution in [0.5, 0.6) is 0 Å². The first-order valence-electron chi connectivity index (χ1n) is 0.612. The number of rotatable bonds is 0. The Labute approximate surface area is 127 Å². The second kappa shape index (κ2) is 16.0. The van der Waals surface area contributed by atoms with E-state index in [1.807, 2.05) is 0 Å². The molecule has 0 rings (SSSR count). The fraction of sp³-hybridized carbons (Fsp3) is 0. The minimum atomic E-state index is -2.33. The maximum atomic E-state index is 8.33. The average Bonchev–Trinajstić information content (AvgIpc) is 0.811. The maximum absolute atomic E-state index is 8.33. The van der Waals surface area contributed by atoms with Gasteiger partial charge in [-0.2, -0.15) is 0 Å². The molecular weight excluding hydrogens is 397 g/mol. The molecule has 0 aromatic heterocycles. The van der Waals surface area contributed by atoms with Crippen LogP contribution in [0.1, 0.15) is 0 Å². The van der Waals surface area contributed by atoms with Crippen LogP contribution in [0.2, 0.25) is 0 Å². The van der Waals surface area contributed by atoms with Crippen LogP contribution < -0.4 is 10.2 Å². The van der Waals surface area contributed by atoms with Crippen molar-refractivity contribution in [3.8, 4) is 0 Å². The molecule has 0 N–H and O–H groups in total. The van der Waals surface area contributed by atoms with Gasteiger partial charge in [0.1, 0.15) is 0 Å². The molecule has 0 aromatic carbocycles. The van der Waals surface area contributed by atoms with Gasteiger partial charge in [0, 0.05) is 0 Å². The van der Waals surface area contributed by atoms with Crippen molar-refractivity contribution in [1.82, 2.24) is 0 Å². The fourth-order valence-corrected chi connectivity index (χ4v) is 0. The Morgan fingerprint density at radius 3 is 1.29 bits per heavy atom. The predicted octanol–water partition coefficient (Wildman–Crippen LogP) is -4.93. The molecule has 0 aliphatic rings. The van der Waals surface area contributed by atoms with E-state index in [0.717, 1.165) is 0 Å². The van der Waals surface area contributed by atoms with Crippen LogP contribution in [0, 0.1) is 0 Å². The Morgan fingerprint density at radius 2 is 1.29 bits per heavy atom. The topological polar surface area (TPSA) is 63.2 Å². The van der Waals surface area contributed by atoms with Crippen molar-refractivity contribution < 1.29 is 15.0 Å². The third kappa shape index (κ3) is 50.5. The Hall–Kier alpha value is 2.89. The Kier molecular flexibility index (Phi) is 51.3. The minimum absolute atomic E-state index is 0. The molecule has 3 nitrogen and oxygen atoms in total. The van der Waals surface area contributed by atoms with Crippen molar-refractivity contribution in [3.05, 3.63) is 0 Å². The Balaban J connectivity index is -0.0000000150. The van der Waals surface area contributed by atoms with Gasteiger partial charge in [0.15, 0.2) is 0 Å². The summed E-state index contributed by atoms with van der Waals surface area (Å²) in [4.78, 5) is 8.33. The van der Waals surface area contributed by atoms with Crippen LogP contribution in [0.4, 0.5) is 4.79 Å². The number of hydrogen-bond acceptors (Lipinski definition) is 3. The van der Waals surface area contributed by atoms with Crippen molar-refractivity contribution in [2.75, 3.05) is 0 Å². The Morgan fingerprint density at radius 1 is 1.29 bits per heavy atom. The molecule has 0 bridgehead atoms. The monoisotopic (exact) mass is 402 g/mol. The number of carboxylic acid groups (broad SMARTS) is 2. The van der Waals surface area contributed by atoms with Crippen molar-refractivity contribution in [2.45, 2.75) is 0 Å². The normalized spacial score (nSPS) is 3.43. The molecular formula is CH5BiCaO3Sr. The van der Waals surface area contributed by atoms with Crippen LogP contribution in [-0.4, -0.2) is 116 Å². The van der Waals surface area contributed by atoms with E-state index in [9.17, 15) is 0 Å². The third-order valence-electron chi connectivity index (χ3n) is 0. The predicted molar refractivity (Wildman–Crippen MR) is 29.6 cm³/mol. The molecule has 0 saturated carbocycles. The molecule has 0 unspecified atom stereocenters. The van der Waals surface area contributed by atoms with Crippen molar-refractivity contribution in [2.24, 2.45) is 0 Å². The van der Waals surface area contributed by atoms with Gasteiger partial charge >= 0.3 is 109 Å². The van der Waals surface area contributed by atoms with Gasteiger partial charge in [-0.05, 0) is 6.16 Å². The van der Waals surface area contributed by atoms with E-state index in [1.54, 1.807) is 0 Å². The van der Waals surface area contributed by atoms with Gasteiger partial charge in [-0.25, -0.2) is 0 Å². The van der Waals surface area contributed by atoms with Crippen LogP contribution in [0.3, 0.4) is 0 Å². The molecule has 0 aliphatic heterocycles. The summed E-state index contributed by atoms with van der Waals surface area (Å²) in [5.74, 6) is 0. The van der Waals surface area contributed by atoms with Crippen LogP contribution in [0.25, 0.3) is 0 Å². The van der Waals surface area contributed by atoms with Gasteiger partial charge in [-0.1, -0.05) is 0 Å². The number of hydrogen-bond donors (Lipinski definition) is 0. The van der Waals surface area contributed by atoms with Gasteiger partial charge in [0.25, 0.3) is 0 Å². The van der Waals surface area contributed by atoms with Gasteiger partial charge in [0.05, 0.1) is 0 Å². The van der Waals surface area contributed by atoms with E-state index in [-0.39, 0.29) is 109 Å². The molecule has 7 heavy (non-hydrogen) atoms. The summed E-state index contributed by atoms with van der Waals surface area (Å²) in [5.41, 5.74) is 0. The molecule has 36 valence electrons. The molecule has 0 aromatic rings. The molecule has 0 radical (unpaired) electrons. The van der Waals surface area contributed by atoms with Crippen molar-refractivity contribution in [1.29, 1.82) is 0 Å². The van der Waals surface area contributed by atoms with E-state index < -0.39 is 6.16 Å². The number of carbonyl (C=O) groups is 1. The van der Waals surface area contributed by atoms with E-state index >= 15 is 0 Å². The second-order valence-electron chi connectivity index (χ2n) is 0.250. The summed E-state index contributed by atoms with van der Waals surface area (Å²) < 4.78 is 0. The summed E-state index contributed by atoms with van der Waals surface area (Å²) in [5, 5.41) is 16.7. The third-order valence-corrected chi connectivity index (χ3v) is 0. The van der Waals surface area contributed by atoms with Gasteiger partial charge in [-0.15, -0.1) is 0 Å². The Bertz CT molecular complexity index is 37.9. The van der Waals surface area contributed by atoms with Crippen LogP contribution in [-0.2, 0) is 0 Å². The van der Waals surface area contributed by atoms with Crippen molar-refractivity contribution >= 4 is 116 Å². The summed E-state index contributed by atoms with van der Waals surface area (Å²) in [6.45, 7) is 0. The summed E-state index contributed by atoms with van der Waals surface area (Å²) in [7, 11) is 0. The first kappa shape index (κ1) is 22.5. The van der Waals surface area contributed by atoms with Crippen molar-refractivity contribution in [3.63, 3.8) is 0 Å². The molecule has 0 amide bonds. The molecule has 0 aliphatic carbocycles. The SMILES string of the molecule is O=C([O-])[O-].[BiH3].[Ca+2].[SrH2]. The summed E-state index contributed by atoms with van der Waals surface area (Å²) in [6.07, 6.45) is -2.33. The van der Waals surface area contributed by atoms with E-state index in [1.165, 1.54) is 0 Å². The second-order valence-corrected chi connectivity index (χ2v) is 0.250. The van der Waals surface area contributed by atoms with Gasteiger partial charge < -0.3 is 15.0 Å². The average molecular weight is 402 g/mol. The van der Waals surface area contributed by atoms with E-state index in [2.05, 4.69) is 0 Å². The fourth-order valence-electron chi connectivity index (χ4n) is 0. The standard InChI is InChI=1S/CH2O3.Bi.Ca.Sr.5H/c2-1(3)4;;;;;;;;/h(H2,2,3,4);;;;;;;;/q;;+2;;;;;;/p-2. The van der Waals surface area contributed by atoms with Crippen LogP contribution in [0.15, 0.2) is 0 Å². The molecule has 0 spiro atoms.